The van der Waals surface area contributed by atoms with Crippen LogP contribution in [0.25, 0.3) is 10.8 Å². The van der Waals surface area contributed by atoms with Crippen molar-refractivity contribution in [2.75, 3.05) is 26.2 Å². The van der Waals surface area contributed by atoms with E-state index < -0.39 is 0 Å². The van der Waals surface area contributed by atoms with Crippen LogP contribution in [0, 0.1) is 0 Å². The van der Waals surface area contributed by atoms with Crippen LogP contribution in [0.4, 0.5) is 0 Å². The molecule has 0 bridgehead atoms. The summed E-state index contributed by atoms with van der Waals surface area (Å²) in [5, 5.41) is 15.8. The van der Waals surface area contributed by atoms with Gasteiger partial charge in [-0.05, 0) is 49.4 Å². The number of phenols is 1. The van der Waals surface area contributed by atoms with Gasteiger partial charge < -0.3 is 15.3 Å². The lowest BCUT2D eigenvalue weighted by Crippen LogP contribution is -2.27. The van der Waals surface area contributed by atoms with Crippen molar-refractivity contribution >= 4 is 10.8 Å². The van der Waals surface area contributed by atoms with Crippen LogP contribution in [-0.4, -0.2) is 36.2 Å². The second-order valence-corrected chi connectivity index (χ2v) is 5.34. The molecule has 3 nitrogen and oxygen atoms in total. The summed E-state index contributed by atoms with van der Waals surface area (Å²) in [6, 6.07) is 12.0. The average Bonchev–Trinajstić information content (AvgIpc) is 2.52. The molecule has 0 aliphatic carbocycles. The molecule has 0 saturated carbocycles. The topological polar surface area (TPSA) is 35.5 Å². The summed E-state index contributed by atoms with van der Waals surface area (Å²) in [7, 11) is 0. The van der Waals surface area contributed by atoms with Crippen molar-refractivity contribution in [2.24, 2.45) is 0 Å². The zero-order valence-electron chi connectivity index (χ0n) is 13.1. The second-order valence-electron chi connectivity index (χ2n) is 5.34. The largest absolute Gasteiger partial charge is 0.508 e. The maximum atomic E-state index is 10.1. The third-order valence-corrected chi connectivity index (χ3v) is 4.04. The van der Waals surface area contributed by atoms with E-state index in [1.165, 1.54) is 5.39 Å². The molecular weight excluding hydrogens is 260 g/mol. The minimum atomic E-state index is 0.380. The minimum Gasteiger partial charge on any atom is -0.508 e. The summed E-state index contributed by atoms with van der Waals surface area (Å²) in [4.78, 5) is 2.43. The van der Waals surface area contributed by atoms with E-state index in [1.54, 1.807) is 6.07 Å². The molecule has 3 heteroatoms. The molecule has 0 unspecified atom stereocenters. The number of benzene rings is 2. The first kappa shape index (κ1) is 15.8. The van der Waals surface area contributed by atoms with Crippen molar-refractivity contribution in [1.82, 2.24) is 10.2 Å². The van der Waals surface area contributed by atoms with Crippen molar-refractivity contribution in [3.63, 3.8) is 0 Å². The average molecular weight is 286 g/mol. The molecule has 0 saturated heterocycles. The molecule has 0 heterocycles. The van der Waals surface area contributed by atoms with Crippen LogP contribution in [0.2, 0.25) is 0 Å². The van der Waals surface area contributed by atoms with Gasteiger partial charge in [-0.1, -0.05) is 44.2 Å². The fraction of sp³-hybridized carbons (Fsp3) is 0.444. The van der Waals surface area contributed by atoms with Crippen molar-refractivity contribution in [1.29, 1.82) is 0 Å². The van der Waals surface area contributed by atoms with Gasteiger partial charge in [-0.15, -0.1) is 0 Å². The first-order valence-electron chi connectivity index (χ1n) is 7.89. The van der Waals surface area contributed by atoms with Gasteiger partial charge in [-0.3, -0.25) is 0 Å². The van der Waals surface area contributed by atoms with Crippen molar-refractivity contribution in [3.8, 4) is 5.75 Å². The van der Waals surface area contributed by atoms with Gasteiger partial charge in [0, 0.05) is 12.1 Å². The fourth-order valence-electron chi connectivity index (χ4n) is 2.69. The molecule has 2 aromatic carbocycles. The predicted octanol–water partition coefficient (Wildman–Crippen LogP) is 3.37. The molecule has 0 amide bonds. The minimum absolute atomic E-state index is 0.380. The van der Waals surface area contributed by atoms with Crippen LogP contribution in [0.1, 0.15) is 25.8 Å². The highest BCUT2D eigenvalue weighted by Crippen LogP contribution is 2.26. The lowest BCUT2D eigenvalue weighted by molar-refractivity contribution is 0.298. The Morgan fingerprint density at radius 2 is 1.81 bits per heavy atom. The Hall–Kier alpha value is -1.58. The SMILES string of the molecule is CCN(CC)CCCNCc1c(O)ccc2ccccc12. The summed E-state index contributed by atoms with van der Waals surface area (Å²) < 4.78 is 0. The van der Waals surface area contributed by atoms with Crippen molar-refractivity contribution in [2.45, 2.75) is 26.8 Å². The van der Waals surface area contributed by atoms with Crippen LogP contribution in [0.15, 0.2) is 36.4 Å². The molecule has 0 aromatic heterocycles. The molecule has 0 atom stereocenters. The highest BCUT2D eigenvalue weighted by molar-refractivity contribution is 5.87. The Bertz CT molecular complexity index is 564. The van der Waals surface area contributed by atoms with Gasteiger partial charge in [0.25, 0.3) is 0 Å². The molecular formula is C18H26N2O. The van der Waals surface area contributed by atoms with E-state index >= 15 is 0 Å². The molecule has 2 N–H and O–H groups in total. The first-order chi connectivity index (χ1) is 10.3. The van der Waals surface area contributed by atoms with Crippen molar-refractivity contribution in [3.05, 3.63) is 42.0 Å². The Labute approximate surface area is 127 Å². The van der Waals surface area contributed by atoms with E-state index in [2.05, 4.69) is 36.2 Å². The summed E-state index contributed by atoms with van der Waals surface area (Å²) >= 11 is 0. The highest BCUT2D eigenvalue weighted by atomic mass is 16.3. The quantitative estimate of drug-likeness (QED) is 0.730. The number of nitrogens with zero attached hydrogens (tertiary/aromatic N) is 1. The number of rotatable bonds is 8. The zero-order chi connectivity index (χ0) is 15.1. The van der Waals surface area contributed by atoms with Crippen LogP contribution in [0.3, 0.4) is 0 Å². The Balaban J connectivity index is 1.90. The normalized spacial score (nSPS) is 11.4. The third kappa shape index (κ3) is 4.19. The van der Waals surface area contributed by atoms with Gasteiger partial charge in [0.2, 0.25) is 0 Å². The van der Waals surface area contributed by atoms with Crippen LogP contribution in [-0.2, 0) is 6.54 Å². The Morgan fingerprint density at radius 3 is 2.57 bits per heavy atom. The molecule has 0 fully saturated rings. The standard InChI is InChI=1S/C18H26N2O/c1-3-20(4-2)13-7-12-19-14-17-16-9-6-5-8-15(16)10-11-18(17)21/h5-6,8-11,19,21H,3-4,7,12-14H2,1-2H3. The molecule has 21 heavy (non-hydrogen) atoms. The van der Waals surface area contributed by atoms with E-state index in [-0.39, 0.29) is 0 Å². The van der Waals surface area contributed by atoms with Crippen LogP contribution in [0.5, 0.6) is 5.75 Å². The van der Waals surface area contributed by atoms with Crippen LogP contribution >= 0.6 is 0 Å². The van der Waals surface area contributed by atoms with E-state index in [4.69, 9.17) is 0 Å². The van der Waals surface area contributed by atoms with Gasteiger partial charge in [0.1, 0.15) is 5.75 Å². The number of phenolic OH excluding ortho intramolecular Hbond substituents is 1. The number of hydrogen-bond acceptors (Lipinski definition) is 3. The van der Waals surface area contributed by atoms with E-state index in [0.29, 0.717) is 12.3 Å². The van der Waals surface area contributed by atoms with E-state index in [0.717, 1.165) is 43.5 Å². The monoisotopic (exact) mass is 286 g/mol. The lowest BCUT2D eigenvalue weighted by Gasteiger charge is -2.18. The molecule has 0 aliphatic heterocycles. The third-order valence-electron chi connectivity index (χ3n) is 4.04. The summed E-state index contributed by atoms with van der Waals surface area (Å²) in [6.07, 6.45) is 1.13. The maximum absolute atomic E-state index is 10.1. The van der Waals surface area contributed by atoms with E-state index in [1.807, 2.05) is 18.2 Å². The number of hydrogen-bond donors (Lipinski definition) is 2. The highest BCUT2D eigenvalue weighted by Gasteiger charge is 2.06. The van der Waals surface area contributed by atoms with Gasteiger partial charge in [-0.2, -0.15) is 0 Å². The van der Waals surface area contributed by atoms with Gasteiger partial charge in [0.05, 0.1) is 0 Å². The lowest BCUT2D eigenvalue weighted by atomic mass is 10.0. The maximum Gasteiger partial charge on any atom is 0.120 e. The summed E-state index contributed by atoms with van der Waals surface area (Å²) in [5.74, 6) is 0.380. The number of nitrogens with one attached hydrogen (secondary N) is 1. The molecule has 114 valence electrons. The molecule has 2 aromatic rings. The Morgan fingerprint density at radius 1 is 1.05 bits per heavy atom. The molecule has 2 rings (SSSR count). The van der Waals surface area contributed by atoms with Gasteiger partial charge in [-0.25, -0.2) is 0 Å². The van der Waals surface area contributed by atoms with Gasteiger partial charge >= 0.3 is 0 Å². The fourth-order valence-corrected chi connectivity index (χ4v) is 2.69. The molecule has 0 aliphatic rings. The van der Waals surface area contributed by atoms with E-state index in [9.17, 15) is 5.11 Å². The molecule has 0 spiro atoms. The predicted molar refractivity (Wildman–Crippen MR) is 89.7 cm³/mol. The first-order valence-corrected chi connectivity index (χ1v) is 7.89. The zero-order valence-corrected chi connectivity index (χ0v) is 13.1. The van der Waals surface area contributed by atoms with Crippen LogP contribution < -0.4 is 5.32 Å². The second kappa shape index (κ2) is 8.01. The smallest absolute Gasteiger partial charge is 0.120 e. The van der Waals surface area contributed by atoms with Gasteiger partial charge in [0.15, 0.2) is 0 Å². The number of aromatic hydroxyl groups is 1. The van der Waals surface area contributed by atoms with Crippen molar-refractivity contribution < 1.29 is 5.11 Å². The molecule has 0 radical (unpaired) electrons. The summed E-state index contributed by atoms with van der Waals surface area (Å²) in [6.45, 7) is 9.43. The summed E-state index contributed by atoms with van der Waals surface area (Å²) in [5.41, 5.74) is 0.996. The Kier molecular flexibility index (Phi) is 6.03. The number of fused-ring (bicyclic) bond motifs is 1.